The fraction of sp³-hybridized carbons (Fsp3) is 0.571. The van der Waals surface area contributed by atoms with Crippen LogP contribution in [0.3, 0.4) is 0 Å². The first-order valence-electron chi connectivity index (χ1n) is 6.12. The van der Waals surface area contributed by atoms with Crippen LogP contribution in [-0.4, -0.2) is 11.3 Å². The summed E-state index contributed by atoms with van der Waals surface area (Å²) in [6, 6.07) is 12.0. The molecule has 84 valence electrons. The molecule has 0 amide bonds. The van der Waals surface area contributed by atoms with E-state index in [0.717, 1.165) is 11.3 Å². The van der Waals surface area contributed by atoms with Crippen molar-refractivity contribution in [2.24, 2.45) is 0 Å². The number of hydrogen-bond acceptors (Lipinski definition) is 0. The molecule has 1 aromatic rings. The van der Waals surface area contributed by atoms with E-state index in [4.69, 9.17) is 0 Å². The van der Waals surface area contributed by atoms with Crippen molar-refractivity contribution in [1.29, 1.82) is 0 Å². The summed E-state index contributed by atoms with van der Waals surface area (Å²) in [7, 11) is 1.29. The minimum atomic E-state index is 1.11. The highest BCUT2D eigenvalue weighted by molar-refractivity contribution is 7.40. The molecule has 1 heterocycles. The Morgan fingerprint density at radius 1 is 0.800 bits per heavy atom. The number of hydrogen-bond donors (Lipinski definition) is 0. The van der Waals surface area contributed by atoms with Gasteiger partial charge < -0.3 is 0 Å². The molecule has 0 N–H and O–H groups in total. The summed E-state index contributed by atoms with van der Waals surface area (Å²) >= 11 is 0. The average molecular weight is 222 g/mol. The summed E-state index contributed by atoms with van der Waals surface area (Å²) in [6.07, 6.45) is 5.89. The van der Waals surface area contributed by atoms with Gasteiger partial charge in [-0.25, -0.2) is 0 Å². The highest BCUT2D eigenvalue weighted by Gasteiger charge is 2.20. The first-order valence-corrected chi connectivity index (χ1v) is 7.28. The monoisotopic (exact) mass is 222 g/mol. The molecular formula is C14H23P. The second-order valence-corrected chi connectivity index (χ2v) is 6.08. The van der Waals surface area contributed by atoms with Crippen LogP contribution in [0.4, 0.5) is 0 Å². The van der Waals surface area contributed by atoms with Crippen molar-refractivity contribution in [2.75, 3.05) is 0 Å². The van der Waals surface area contributed by atoms with Gasteiger partial charge in [0.15, 0.2) is 0 Å². The normalized spacial score (nSPS) is 24.4. The Morgan fingerprint density at radius 3 is 1.33 bits per heavy atom. The van der Waals surface area contributed by atoms with Crippen molar-refractivity contribution < 1.29 is 0 Å². The van der Waals surface area contributed by atoms with E-state index < -0.39 is 0 Å². The molecule has 1 aliphatic heterocycles. The van der Waals surface area contributed by atoms with Crippen LogP contribution >= 0.6 is 8.58 Å². The quantitative estimate of drug-likeness (QED) is 0.636. The molecule has 1 saturated heterocycles. The van der Waals surface area contributed by atoms with E-state index in [1.54, 1.807) is 0 Å². The SMILES string of the molecule is CC[C@H]1CC[C@H](CC)P1.c1ccccc1. The largest absolute Gasteiger partial charge is 0.116 e. The van der Waals surface area contributed by atoms with Gasteiger partial charge in [-0.3, -0.25) is 0 Å². The summed E-state index contributed by atoms with van der Waals surface area (Å²) in [6.45, 7) is 4.66. The first kappa shape index (κ1) is 12.7. The smallest absolute Gasteiger partial charge is 0.0237 e. The standard InChI is InChI=1S/C8H17P.C6H6/c1-3-7-5-6-8(4-2)9-7;1-2-4-6-5-3-1/h7-9H,3-6H2,1-2H3;1-6H/t7-,8-;/m0./s1. The number of benzene rings is 1. The van der Waals surface area contributed by atoms with E-state index in [-0.39, 0.29) is 0 Å². The average Bonchev–Trinajstić information content (AvgIpc) is 2.80. The van der Waals surface area contributed by atoms with Crippen molar-refractivity contribution in [3.05, 3.63) is 36.4 Å². The molecule has 0 radical (unpaired) electrons. The fourth-order valence-corrected chi connectivity index (χ4v) is 3.74. The third kappa shape index (κ3) is 5.33. The van der Waals surface area contributed by atoms with E-state index in [0.29, 0.717) is 0 Å². The maximum atomic E-state index is 2.33. The van der Waals surface area contributed by atoms with Crippen LogP contribution in [0.25, 0.3) is 0 Å². The summed E-state index contributed by atoms with van der Waals surface area (Å²) in [4.78, 5) is 0. The van der Waals surface area contributed by atoms with Gasteiger partial charge in [-0.15, -0.1) is 8.58 Å². The van der Waals surface area contributed by atoms with Gasteiger partial charge in [-0.05, 0) is 37.0 Å². The summed E-state index contributed by atoms with van der Waals surface area (Å²) in [5.41, 5.74) is 2.21. The van der Waals surface area contributed by atoms with Gasteiger partial charge in [0.1, 0.15) is 0 Å². The summed E-state index contributed by atoms with van der Waals surface area (Å²) in [5, 5.41) is 0. The molecule has 0 bridgehead atoms. The molecule has 0 spiro atoms. The van der Waals surface area contributed by atoms with E-state index in [9.17, 15) is 0 Å². The molecule has 0 nitrogen and oxygen atoms in total. The molecule has 1 aromatic carbocycles. The van der Waals surface area contributed by atoms with Gasteiger partial charge in [0, 0.05) is 0 Å². The topological polar surface area (TPSA) is 0 Å². The highest BCUT2D eigenvalue weighted by Crippen LogP contribution is 2.42. The van der Waals surface area contributed by atoms with Gasteiger partial charge in [-0.2, -0.15) is 0 Å². The summed E-state index contributed by atoms with van der Waals surface area (Å²) < 4.78 is 0. The van der Waals surface area contributed by atoms with Crippen LogP contribution < -0.4 is 0 Å². The van der Waals surface area contributed by atoms with Crippen LogP contribution in [0.15, 0.2) is 36.4 Å². The molecule has 1 heteroatoms. The fourth-order valence-electron chi connectivity index (χ4n) is 1.93. The van der Waals surface area contributed by atoms with Crippen molar-refractivity contribution >= 4 is 8.58 Å². The van der Waals surface area contributed by atoms with Crippen molar-refractivity contribution in [3.63, 3.8) is 0 Å². The van der Waals surface area contributed by atoms with Gasteiger partial charge in [0.25, 0.3) is 0 Å². The lowest BCUT2D eigenvalue weighted by atomic mass is 10.1. The molecule has 0 unspecified atom stereocenters. The Bertz CT molecular complexity index is 196. The second-order valence-electron chi connectivity index (χ2n) is 4.11. The Labute approximate surface area is 96.3 Å². The predicted molar refractivity (Wildman–Crippen MR) is 72.1 cm³/mol. The molecule has 0 aliphatic carbocycles. The van der Waals surface area contributed by atoms with Crippen LogP contribution in [0, 0.1) is 0 Å². The Hall–Kier alpha value is -0.350. The van der Waals surface area contributed by atoms with Crippen molar-refractivity contribution in [1.82, 2.24) is 0 Å². The highest BCUT2D eigenvalue weighted by atomic mass is 31.1. The van der Waals surface area contributed by atoms with Gasteiger partial charge >= 0.3 is 0 Å². The molecule has 2 rings (SSSR count). The first-order chi connectivity index (χ1) is 7.36. The van der Waals surface area contributed by atoms with Crippen LogP contribution in [-0.2, 0) is 0 Å². The Kier molecular flexibility index (Phi) is 6.68. The minimum Gasteiger partial charge on any atom is -0.116 e. The van der Waals surface area contributed by atoms with E-state index in [1.807, 2.05) is 36.4 Å². The second kappa shape index (κ2) is 7.88. The maximum absolute atomic E-state index is 2.33. The van der Waals surface area contributed by atoms with Gasteiger partial charge in [-0.1, -0.05) is 50.2 Å². The van der Waals surface area contributed by atoms with Crippen molar-refractivity contribution in [2.45, 2.75) is 50.8 Å². The lowest BCUT2D eigenvalue weighted by molar-refractivity contribution is 0.696. The Morgan fingerprint density at radius 2 is 1.13 bits per heavy atom. The molecule has 1 aliphatic rings. The zero-order valence-corrected chi connectivity index (χ0v) is 10.9. The third-order valence-corrected chi connectivity index (χ3v) is 5.32. The van der Waals surface area contributed by atoms with Crippen LogP contribution in [0.1, 0.15) is 39.5 Å². The van der Waals surface area contributed by atoms with Gasteiger partial charge in [0.05, 0.1) is 0 Å². The zero-order chi connectivity index (χ0) is 10.9. The maximum Gasteiger partial charge on any atom is -0.0237 e. The number of rotatable bonds is 2. The van der Waals surface area contributed by atoms with E-state index in [1.165, 1.54) is 34.3 Å². The molecule has 0 aromatic heterocycles. The van der Waals surface area contributed by atoms with Gasteiger partial charge in [0.2, 0.25) is 0 Å². The predicted octanol–water partition coefficient (Wildman–Crippen LogP) is 4.70. The molecular weight excluding hydrogens is 199 g/mol. The molecule has 0 saturated carbocycles. The van der Waals surface area contributed by atoms with E-state index >= 15 is 0 Å². The summed E-state index contributed by atoms with van der Waals surface area (Å²) in [5.74, 6) is 0. The third-order valence-electron chi connectivity index (χ3n) is 2.99. The van der Waals surface area contributed by atoms with Crippen molar-refractivity contribution in [3.8, 4) is 0 Å². The lowest BCUT2D eigenvalue weighted by Crippen LogP contribution is -1.90. The Balaban J connectivity index is 0.000000162. The molecule has 2 atom stereocenters. The molecule has 15 heavy (non-hydrogen) atoms. The van der Waals surface area contributed by atoms with E-state index in [2.05, 4.69) is 13.8 Å². The van der Waals surface area contributed by atoms with Crippen LogP contribution in [0.5, 0.6) is 0 Å². The minimum absolute atomic E-state index is 1.11. The zero-order valence-electron chi connectivity index (χ0n) is 9.95. The molecule has 1 fully saturated rings. The lowest BCUT2D eigenvalue weighted by Gasteiger charge is -2.05. The van der Waals surface area contributed by atoms with Crippen LogP contribution in [0.2, 0.25) is 0 Å².